The van der Waals surface area contributed by atoms with E-state index >= 15 is 0 Å². The van der Waals surface area contributed by atoms with Crippen molar-refractivity contribution in [2.75, 3.05) is 0 Å². The van der Waals surface area contributed by atoms with E-state index in [0.29, 0.717) is 29.5 Å². The minimum absolute atomic E-state index is 0.113. The first-order valence-corrected chi connectivity index (χ1v) is 10.7. The Morgan fingerprint density at radius 3 is 2.73 bits per heavy atom. The van der Waals surface area contributed by atoms with Crippen LogP contribution in [-0.4, -0.2) is 32.9 Å². The highest BCUT2D eigenvalue weighted by molar-refractivity contribution is 6.02. The standard InChI is InChI=1S/C23H27N3O4/c1-15-5-7-16(8-6-15)24-22(28)23(2)14-25-18-9-11-30-20(18)12-19(25)21(27)26(23)13-17-4-3-10-29-17/h3-4,9-12,15-16H,5-8,13-14H2,1-2H3,(H,24,28)/t15?,16?,23-/m0/s1. The Bertz CT molecular complexity index is 1070. The number of rotatable bonds is 4. The first-order chi connectivity index (χ1) is 14.5. The minimum Gasteiger partial charge on any atom is -0.467 e. The van der Waals surface area contributed by atoms with Gasteiger partial charge in [-0.3, -0.25) is 9.59 Å². The van der Waals surface area contributed by atoms with E-state index < -0.39 is 5.54 Å². The predicted molar refractivity (Wildman–Crippen MR) is 111 cm³/mol. The van der Waals surface area contributed by atoms with Gasteiger partial charge in [0.25, 0.3) is 5.91 Å². The number of aromatic nitrogens is 1. The lowest BCUT2D eigenvalue weighted by molar-refractivity contribution is -0.134. The summed E-state index contributed by atoms with van der Waals surface area (Å²) in [6.45, 7) is 4.72. The molecule has 1 aliphatic carbocycles. The molecule has 4 heterocycles. The third-order valence-electron chi connectivity index (χ3n) is 6.78. The number of amides is 2. The number of nitrogens with one attached hydrogen (secondary N) is 1. The largest absolute Gasteiger partial charge is 0.467 e. The van der Waals surface area contributed by atoms with Gasteiger partial charge in [0, 0.05) is 18.2 Å². The topological polar surface area (TPSA) is 80.6 Å². The smallest absolute Gasteiger partial charge is 0.272 e. The van der Waals surface area contributed by atoms with E-state index in [-0.39, 0.29) is 24.4 Å². The van der Waals surface area contributed by atoms with Crippen LogP contribution in [0.3, 0.4) is 0 Å². The number of nitrogens with zero attached hydrogens (tertiary/aromatic N) is 2. The Kier molecular flexibility index (Phi) is 4.49. The number of furan rings is 2. The van der Waals surface area contributed by atoms with Crippen LogP contribution in [0, 0.1) is 5.92 Å². The van der Waals surface area contributed by atoms with Crippen LogP contribution >= 0.6 is 0 Å². The Balaban J connectivity index is 1.50. The first-order valence-electron chi connectivity index (χ1n) is 10.7. The van der Waals surface area contributed by atoms with E-state index in [1.165, 1.54) is 0 Å². The average Bonchev–Trinajstić information content (AvgIpc) is 3.45. The Labute approximate surface area is 175 Å². The van der Waals surface area contributed by atoms with Crippen molar-refractivity contribution in [1.82, 2.24) is 14.8 Å². The second-order valence-electron chi connectivity index (χ2n) is 8.96. The molecule has 1 N–H and O–H groups in total. The maximum Gasteiger partial charge on any atom is 0.272 e. The van der Waals surface area contributed by atoms with Crippen molar-refractivity contribution in [2.24, 2.45) is 5.92 Å². The zero-order chi connectivity index (χ0) is 20.9. The van der Waals surface area contributed by atoms with Crippen molar-refractivity contribution in [3.05, 3.63) is 48.2 Å². The second kappa shape index (κ2) is 7.07. The average molecular weight is 409 g/mol. The summed E-state index contributed by atoms with van der Waals surface area (Å²) >= 11 is 0. The first kappa shape index (κ1) is 19.0. The summed E-state index contributed by atoms with van der Waals surface area (Å²) in [6, 6.07) is 7.38. The normalized spacial score (nSPS) is 26.7. The van der Waals surface area contributed by atoms with E-state index in [0.717, 1.165) is 31.2 Å². The third kappa shape index (κ3) is 3.04. The fourth-order valence-corrected chi connectivity index (χ4v) is 4.82. The molecule has 7 heteroatoms. The van der Waals surface area contributed by atoms with Crippen LogP contribution < -0.4 is 5.32 Å². The lowest BCUT2D eigenvalue weighted by atomic mass is 9.86. The highest BCUT2D eigenvalue weighted by atomic mass is 16.3. The van der Waals surface area contributed by atoms with Crippen LogP contribution in [0.2, 0.25) is 0 Å². The van der Waals surface area contributed by atoms with E-state index in [1.54, 1.807) is 29.6 Å². The van der Waals surface area contributed by atoms with Gasteiger partial charge in [0.05, 0.1) is 31.1 Å². The van der Waals surface area contributed by atoms with Crippen LogP contribution in [0.15, 0.2) is 45.6 Å². The molecule has 0 unspecified atom stereocenters. The van der Waals surface area contributed by atoms with E-state index in [9.17, 15) is 9.59 Å². The third-order valence-corrected chi connectivity index (χ3v) is 6.78. The molecular weight excluding hydrogens is 382 g/mol. The minimum atomic E-state index is -1.04. The molecule has 1 atom stereocenters. The monoisotopic (exact) mass is 409 g/mol. The quantitative estimate of drug-likeness (QED) is 0.708. The maximum absolute atomic E-state index is 13.6. The molecule has 2 aliphatic rings. The highest BCUT2D eigenvalue weighted by Crippen LogP contribution is 2.34. The van der Waals surface area contributed by atoms with Crippen molar-refractivity contribution < 1.29 is 18.4 Å². The highest BCUT2D eigenvalue weighted by Gasteiger charge is 2.48. The molecule has 3 aromatic heterocycles. The van der Waals surface area contributed by atoms with Gasteiger partial charge in [-0.2, -0.15) is 0 Å². The fraction of sp³-hybridized carbons (Fsp3) is 0.478. The molecular formula is C23H27N3O4. The van der Waals surface area contributed by atoms with E-state index in [2.05, 4.69) is 12.2 Å². The van der Waals surface area contributed by atoms with Gasteiger partial charge in [0.1, 0.15) is 17.0 Å². The van der Waals surface area contributed by atoms with E-state index in [1.807, 2.05) is 23.6 Å². The van der Waals surface area contributed by atoms with Crippen molar-refractivity contribution in [1.29, 1.82) is 0 Å². The van der Waals surface area contributed by atoms with Crippen LogP contribution in [0.5, 0.6) is 0 Å². The number of hydrogen-bond acceptors (Lipinski definition) is 4. The maximum atomic E-state index is 13.6. The van der Waals surface area contributed by atoms with Crippen molar-refractivity contribution in [3.8, 4) is 0 Å². The Morgan fingerprint density at radius 2 is 2.00 bits per heavy atom. The molecule has 30 heavy (non-hydrogen) atoms. The molecule has 1 saturated carbocycles. The number of hydrogen-bond donors (Lipinski definition) is 1. The Hall–Kier alpha value is -2.96. The molecule has 0 aromatic carbocycles. The van der Waals surface area contributed by atoms with Gasteiger partial charge in [0.15, 0.2) is 5.58 Å². The summed E-state index contributed by atoms with van der Waals surface area (Å²) in [4.78, 5) is 28.7. The van der Waals surface area contributed by atoms with Crippen molar-refractivity contribution in [3.63, 3.8) is 0 Å². The van der Waals surface area contributed by atoms with Gasteiger partial charge < -0.3 is 23.6 Å². The molecule has 0 radical (unpaired) electrons. The Morgan fingerprint density at radius 1 is 1.20 bits per heavy atom. The molecule has 7 nitrogen and oxygen atoms in total. The van der Waals surface area contributed by atoms with Gasteiger partial charge in [0.2, 0.25) is 5.91 Å². The van der Waals surface area contributed by atoms with Crippen molar-refractivity contribution in [2.45, 2.75) is 64.2 Å². The van der Waals surface area contributed by atoms with Crippen molar-refractivity contribution >= 4 is 22.9 Å². The second-order valence-corrected chi connectivity index (χ2v) is 8.96. The SMILES string of the molecule is CC1CCC(NC(=O)[C@]2(C)Cn3c(cc4occc43)C(=O)N2Cc2ccco2)CC1. The predicted octanol–water partition coefficient (Wildman–Crippen LogP) is 3.94. The lowest BCUT2D eigenvalue weighted by Crippen LogP contribution is -2.64. The van der Waals surface area contributed by atoms with Gasteiger partial charge in [-0.15, -0.1) is 0 Å². The lowest BCUT2D eigenvalue weighted by Gasteiger charge is -2.44. The molecule has 1 aliphatic heterocycles. The zero-order valence-electron chi connectivity index (χ0n) is 17.4. The van der Waals surface area contributed by atoms with Crippen LogP contribution in [-0.2, 0) is 17.9 Å². The van der Waals surface area contributed by atoms with Crippen LogP contribution in [0.25, 0.3) is 11.1 Å². The molecule has 0 saturated heterocycles. The summed E-state index contributed by atoms with van der Waals surface area (Å²) in [5, 5.41) is 3.24. The van der Waals surface area contributed by atoms with Crippen LogP contribution in [0.1, 0.15) is 55.8 Å². The molecule has 2 amide bonds. The summed E-state index contributed by atoms with van der Waals surface area (Å²) in [7, 11) is 0. The fourth-order valence-electron chi connectivity index (χ4n) is 4.82. The van der Waals surface area contributed by atoms with Gasteiger partial charge in [-0.05, 0) is 50.7 Å². The van der Waals surface area contributed by atoms with E-state index in [4.69, 9.17) is 8.83 Å². The molecule has 0 spiro atoms. The molecule has 0 bridgehead atoms. The molecule has 158 valence electrons. The summed E-state index contributed by atoms with van der Waals surface area (Å²) in [5.41, 5.74) is 0.986. The summed E-state index contributed by atoms with van der Waals surface area (Å²) < 4.78 is 12.9. The zero-order valence-corrected chi connectivity index (χ0v) is 17.4. The van der Waals surface area contributed by atoms with Gasteiger partial charge >= 0.3 is 0 Å². The molecule has 5 rings (SSSR count). The summed E-state index contributed by atoms with van der Waals surface area (Å²) in [5.74, 6) is 1.05. The number of fused-ring (bicyclic) bond motifs is 3. The molecule has 1 fully saturated rings. The van der Waals surface area contributed by atoms with Crippen LogP contribution in [0.4, 0.5) is 0 Å². The number of carbonyl (C=O) groups is 2. The number of carbonyl (C=O) groups excluding carboxylic acids is 2. The van der Waals surface area contributed by atoms with Gasteiger partial charge in [-0.1, -0.05) is 6.92 Å². The molecule has 3 aromatic rings. The summed E-state index contributed by atoms with van der Waals surface area (Å²) in [6.07, 6.45) is 7.40. The van der Waals surface area contributed by atoms with Gasteiger partial charge in [-0.25, -0.2) is 0 Å².